The molecule has 1 amide bonds. The molecule has 1 N–H and O–H groups in total. The van der Waals surface area contributed by atoms with Crippen LogP contribution in [-0.4, -0.2) is 22.4 Å². The van der Waals surface area contributed by atoms with Crippen LogP contribution in [0.25, 0.3) is 11.3 Å². The second kappa shape index (κ2) is 8.27. The Morgan fingerprint density at radius 3 is 2.80 bits per heavy atom. The predicted molar refractivity (Wildman–Crippen MR) is 98.8 cm³/mol. The second-order valence-corrected chi connectivity index (χ2v) is 7.08. The van der Waals surface area contributed by atoms with Gasteiger partial charge < -0.3 is 9.73 Å². The summed E-state index contributed by atoms with van der Waals surface area (Å²) >= 11 is 7.50. The van der Waals surface area contributed by atoms with Crippen LogP contribution in [0.15, 0.2) is 40.3 Å². The SMILES string of the molecule is Cc1nc(CCNC(=O)CCc2ncc(-c3ccc(Cl)cc3)o2)cs1. The third-order valence-electron chi connectivity index (χ3n) is 3.62. The summed E-state index contributed by atoms with van der Waals surface area (Å²) < 4.78 is 5.69. The molecule has 130 valence electrons. The predicted octanol–water partition coefficient (Wildman–Crippen LogP) is 4.05. The highest BCUT2D eigenvalue weighted by atomic mass is 35.5. The van der Waals surface area contributed by atoms with Crippen LogP contribution in [0, 0.1) is 6.92 Å². The number of aryl methyl sites for hydroxylation is 2. The molecule has 0 bridgehead atoms. The number of nitrogens with zero attached hydrogens (tertiary/aromatic N) is 2. The maximum absolute atomic E-state index is 11.9. The van der Waals surface area contributed by atoms with Crippen molar-refractivity contribution < 1.29 is 9.21 Å². The lowest BCUT2D eigenvalue weighted by atomic mass is 10.2. The van der Waals surface area contributed by atoms with Gasteiger partial charge in [-0.2, -0.15) is 0 Å². The molecule has 2 aromatic heterocycles. The van der Waals surface area contributed by atoms with Crippen molar-refractivity contribution in [2.45, 2.75) is 26.2 Å². The monoisotopic (exact) mass is 375 g/mol. The molecular weight excluding hydrogens is 358 g/mol. The average Bonchev–Trinajstić information content (AvgIpc) is 3.23. The lowest BCUT2D eigenvalue weighted by Gasteiger charge is -2.02. The van der Waals surface area contributed by atoms with E-state index in [1.54, 1.807) is 29.7 Å². The fraction of sp³-hybridized carbons (Fsp3) is 0.278. The molecule has 3 rings (SSSR count). The summed E-state index contributed by atoms with van der Waals surface area (Å²) in [5, 5.41) is 6.63. The zero-order valence-corrected chi connectivity index (χ0v) is 15.4. The summed E-state index contributed by atoms with van der Waals surface area (Å²) in [5.41, 5.74) is 1.93. The first-order valence-corrected chi connectivity index (χ1v) is 9.24. The van der Waals surface area contributed by atoms with E-state index in [1.807, 2.05) is 24.4 Å². The lowest BCUT2D eigenvalue weighted by Crippen LogP contribution is -2.26. The van der Waals surface area contributed by atoms with E-state index in [-0.39, 0.29) is 5.91 Å². The van der Waals surface area contributed by atoms with Crippen LogP contribution in [0.1, 0.15) is 23.0 Å². The van der Waals surface area contributed by atoms with Crippen molar-refractivity contribution in [1.82, 2.24) is 15.3 Å². The number of hydrogen-bond acceptors (Lipinski definition) is 5. The molecular formula is C18H18ClN3O2S. The van der Waals surface area contributed by atoms with Gasteiger partial charge in [0.25, 0.3) is 0 Å². The summed E-state index contributed by atoms with van der Waals surface area (Å²) in [6.07, 6.45) is 3.22. The van der Waals surface area contributed by atoms with E-state index in [4.69, 9.17) is 16.0 Å². The fourth-order valence-electron chi connectivity index (χ4n) is 2.34. The summed E-state index contributed by atoms with van der Waals surface area (Å²) in [7, 11) is 0. The van der Waals surface area contributed by atoms with Crippen LogP contribution >= 0.6 is 22.9 Å². The number of halogens is 1. The molecule has 0 radical (unpaired) electrons. The van der Waals surface area contributed by atoms with E-state index < -0.39 is 0 Å². The van der Waals surface area contributed by atoms with Crippen molar-refractivity contribution in [3.63, 3.8) is 0 Å². The van der Waals surface area contributed by atoms with Crippen LogP contribution < -0.4 is 5.32 Å². The molecule has 0 aliphatic rings. The van der Waals surface area contributed by atoms with Gasteiger partial charge in [-0.05, 0) is 31.2 Å². The van der Waals surface area contributed by atoms with Crippen molar-refractivity contribution >= 4 is 28.8 Å². The largest absolute Gasteiger partial charge is 0.441 e. The minimum atomic E-state index is -0.0156. The third-order valence-corrected chi connectivity index (χ3v) is 4.69. The molecule has 0 saturated carbocycles. The van der Waals surface area contributed by atoms with Gasteiger partial charge in [-0.1, -0.05) is 11.6 Å². The third kappa shape index (κ3) is 5.14. The van der Waals surface area contributed by atoms with Gasteiger partial charge in [-0.15, -0.1) is 11.3 Å². The van der Waals surface area contributed by atoms with Crippen molar-refractivity contribution in [2.24, 2.45) is 0 Å². The molecule has 0 aliphatic heterocycles. The number of rotatable bonds is 7. The van der Waals surface area contributed by atoms with Crippen molar-refractivity contribution in [3.8, 4) is 11.3 Å². The van der Waals surface area contributed by atoms with Crippen LogP contribution in [-0.2, 0) is 17.6 Å². The van der Waals surface area contributed by atoms with Crippen LogP contribution in [0.5, 0.6) is 0 Å². The molecule has 25 heavy (non-hydrogen) atoms. The van der Waals surface area contributed by atoms with E-state index in [1.165, 1.54) is 0 Å². The Morgan fingerprint density at radius 2 is 2.08 bits per heavy atom. The first-order chi connectivity index (χ1) is 12.1. The Hall–Kier alpha value is -2.18. The maximum atomic E-state index is 11.9. The highest BCUT2D eigenvalue weighted by Gasteiger charge is 2.09. The normalized spacial score (nSPS) is 10.8. The molecule has 0 spiro atoms. The van der Waals surface area contributed by atoms with Gasteiger partial charge in [0.2, 0.25) is 5.91 Å². The Kier molecular flexibility index (Phi) is 5.83. The van der Waals surface area contributed by atoms with E-state index in [9.17, 15) is 4.79 Å². The van der Waals surface area contributed by atoms with Crippen LogP contribution in [0.4, 0.5) is 0 Å². The smallest absolute Gasteiger partial charge is 0.220 e. The summed E-state index contributed by atoms with van der Waals surface area (Å²) in [6, 6.07) is 7.35. The molecule has 0 unspecified atom stereocenters. The molecule has 3 aromatic rings. The summed E-state index contributed by atoms with van der Waals surface area (Å²) in [6.45, 7) is 2.56. The van der Waals surface area contributed by atoms with E-state index in [0.717, 1.165) is 22.7 Å². The number of benzene rings is 1. The average molecular weight is 376 g/mol. The zero-order valence-electron chi connectivity index (χ0n) is 13.8. The Balaban J connectivity index is 1.43. The van der Waals surface area contributed by atoms with Crippen molar-refractivity contribution in [1.29, 1.82) is 0 Å². The molecule has 0 fully saturated rings. The lowest BCUT2D eigenvalue weighted by molar-refractivity contribution is -0.121. The number of nitrogens with one attached hydrogen (secondary N) is 1. The second-order valence-electron chi connectivity index (χ2n) is 5.58. The Morgan fingerprint density at radius 1 is 1.28 bits per heavy atom. The molecule has 2 heterocycles. The summed E-state index contributed by atoms with van der Waals surface area (Å²) in [5.74, 6) is 1.21. The van der Waals surface area contributed by atoms with Gasteiger partial charge in [0.05, 0.1) is 16.9 Å². The first kappa shape index (κ1) is 17.6. The minimum absolute atomic E-state index is 0.0156. The fourth-order valence-corrected chi connectivity index (χ4v) is 3.11. The molecule has 0 aliphatic carbocycles. The van der Waals surface area contributed by atoms with E-state index in [0.29, 0.717) is 36.1 Å². The van der Waals surface area contributed by atoms with Crippen LogP contribution in [0.3, 0.4) is 0 Å². The Labute approximate surface area is 155 Å². The number of hydrogen-bond donors (Lipinski definition) is 1. The van der Waals surface area contributed by atoms with Gasteiger partial charge in [0.1, 0.15) is 0 Å². The van der Waals surface area contributed by atoms with Crippen molar-refractivity contribution in [2.75, 3.05) is 6.54 Å². The minimum Gasteiger partial charge on any atom is -0.441 e. The number of amides is 1. The van der Waals surface area contributed by atoms with Gasteiger partial charge in [-0.3, -0.25) is 4.79 Å². The molecule has 1 aromatic carbocycles. The first-order valence-electron chi connectivity index (χ1n) is 7.98. The standard InChI is InChI=1S/C18H18ClN3O2S/c1-12-22-15(11-25-12)8-9-20-17(23)6-7-18-21-10-16(24-18)13-2-4-14(19)5-3-13/h2-5,10-11H,6-9H2,1H3,(H,20,23). The quantitative estimate of drug-likeness (QED) is 0.676. The van der Waals surface area contributed by atoms with Crippen LogP contribution in [0.2, 0.25) is 5.02 Å². The highest BCUT2D eigenvalue weighted by Crippen LogP contribution is 2.22. The van der Waals surface area contributed by atoms with Gasteiger partial charge in [-0.25, -0.2) is 9.97 Å². The maximum Gasteiger partial charge on any atom is 0.220 e. The van der Waals surface area contributed by atoms with E-state index >= 15 is 0 Å². The number of carbonyl (C=O) groups excluding carboxylic acids is 1. The number of oxazole rings is 1. The molecule has 7 heteroatoms. The molecule has 0 atom stereocenters. The highest BCUT2D eigenvalue weighted by molar-refractivity contribution is 7.09. The topological polar surface area (TPSA) is 68.0 Å². The van der Waals surface area contributed by atoms with Gasteiger partial charge in [0, 0.05) is 41.8 Å². The number of aromatic nitrogens is 2. The zero-order chi connectivity index (χ0) is 17.6. The van der Waals surface area contributed by atoms with Gasteiger partial charge in [0.15, 0.2) is 11.7 Å². The van der Waals surface area contributed by atoms with E-state index in [2.05, 4.69) is 15.3 Å². The number of thiazole rings is 1. The van der Waals surface area contributed by atoms with Gasteiger partial charge >= 0.3 is 0 Å². The Bertz CT molecular complexity index is 842. The number of carbonyl (C=O) groups is 1. The van der Waals surface area contributed by atoms with Crippen molar-refractivity contribution in [3.05, 3.63) is 57.5 Å². The molecule has 0 saturated heterocycles. The summed E-state index contributed by atoms with van der Waals surface area (Å²) in [4.78, 5) is 20.5. The molecule has 5 nitrogen and oxygen atoms in total.